The molecular weight excluding hydrogens is 452 g/mol. The molecule has 0 amide bonds. The van der Waals surface area contributed by atoms with Gasteiger partial charge in [0.2, 0.25) is 0 Å². The first kappa shape index (κ1) is 8.93. The van der Waals surface area contributed by atoms with Crippen molar-refractivity contribution >= 4 is 70.3 Å². The molecule has 6 heteroatoms. The zero-order chi connectivity index (χ0) is 5.45. The topological polar surface area (TPSA) is 0 Å². The van der Waals surface area contributed by atoms with Crippen molar-refractivity contribution in [2.45, 2.75) is 0 Å². The second kappa shape index (κ2) is 2.28. The van der Waals surface area contributed by atoms with Gasteiger partial charge in [0.15, 0.2) is 0 Å². The van der Waals surface area contributed by atoms with E-state index in [9.17, 15) is 0 Å². The molecule has 0 spiro atoms. The summed E-state index contributed by atoms with van der Waals surface area (Å²) in [6, 6.07) is 0. The molecule has 0 saturated heterocycles. The van der Waals surface area contributed by atoms with Crippen molar-refractivity contribution in [3.05, 3.63) is 0 Å². The molecule has 0 rings (SSSR count). The van der Waals surface area contributed by atoms with E-state index in [1.165, 1.54) is 0 Å². The normalized spacial score (nSPS) is 19.2. The third-order valence-electron chi connectivity index (χ3n) is 0. The van der Waals surface area contributed by atoms with E-state index in [4.69, 9.17) is 0 Å². The van der Waals surface area contributed by atoms with E-state index in [0.717, 1.165) is 0 Å². The van der Waals surface area contributed by atoms with Crippen LogP contribution in [-0.4, -0.2) is 0 Å². The van der Waals surface area contributed by atoms with E-state index in [1.54, 1.807) is 0 Å². The van der Waals surface area contributed by atoms with Crippen LogP contribution in [0, 0.1) is 0 Å². The molecule has 41 valence electrons. The van der Waals surface area contributed by atoms with Crippen molar-refractivity contribution in [3.8, 4) is 0 Å². The number of halogens is 5. The van der Waals surface area contributed by atoms with E-state index in [1.807, 2.05) is 0 Å². The van der Waals surface area contributed by atoms with Crippen LogP contribution in [0.4, 0.5) is 0 Å². The van der Waals surface area contributed by atoms with E-state index in [-0.39, 0.29) is 0 Å². The van der Waals surface area contributed by atoms with Crippen molar-refractivity contribution < 1.29 is 2.87 Å². The summed E-state index contributed by atoms with van der Waals surface area (Å²) in [6.07, 6.45) is 0. The Balaban J connectivity index is 3.73. The van der Waals surface area contributed by atoms with Gasteiger partial charge >= 0.3 is 73.1 Å². The molecule has 6 heavy (non-hydrogen) atoms. The summed E-state index contributed by atoms with van der Waals surface area (Å²) in [7, 11) is 0. The fourth-order valence-electron chi connectivity index (χ4n) is 0. The predicted molar refractivity (Wildman–Crippen MR) is 44.6 cm³/mol. The SMILES string of the molecule is [Br][Cr]([Br])([Br])([Br])[Br]. The van der Waals surface area contributed by atoms with Gasteiger partial charge in [-0.1, -0.05) is 0 Å². The van der Waals surface area contributed by atoms with Crippen LogP contribution in [0.15, 0.2) is 0 Å². The first-order valence-corrected chi connectivity index (χ1v) is 16.5. The number of rotatable bonds is 0. The Bertz CT molecular complexity index is 37.1. The Hall–Kier alpha value is 2.93. The number of hydrogen-bond acceptors (Lipinski definition) is 0. The Morgan fingerprint density at radius 2 is 0.667 bits per heavy atom. The summed E-state index contributed by atoms with van der Waals surface area (Å²) in [6.45, 7) is 0. The Morgan fingerprint density at radius 3 is 0.667 bits per heavy atom. The van der Waals surface area contributed by atoms with Crippen molar-refractivity contribution in [3.63, 3.8) is 0 Å². The summed E-state index contributed by atoms with van der Waals surface area (Å²) in [4.78, 5) is 0. The number of hydrogen-bond donors (Lipinski definition) is 0. The second-order valence-corrected chi connectivity index (χ2v) is 64.9. The molecule has 0 aliphatic heterocycles. The van der Waals surface area contributed by atoms with Gasteiger partial charge in [0.05, 0.1) is 0 Å². The van der Waals surface area contributed by atoms with Crippen molar-refractivity contribution in [2.75, 3.05) is 0 Å². The zero-order valence-electron chi connectivity index (χ0n) is 2.30. The van der Waals surface area contributed by atoms with Gasteiger partial charge in [-0.25, -0.2) is 0 Å². The standard InChI is InChI=1S/5BrH.Cr/h5*1H;/q;;;;;+5/p-5. The minimum atomic E-state index is -2.31. The Kier molecular flexibility index (Phi) is 3.39. The predicted octanol–water partition coefficient (Wildman–Crippen LogP) is 4.23. The molecule has 0 aromatic rings. The van der Waals surface area contributed by atoms with Crippen LogP contribution in [0.3, 0.4) is 0 Å². The molecule has 0 aliphatic carbocycles. The van der Waals surface area contributed by atoms with E-state index < -0.39 is 2.87 Å². The zero-order valence-corrected chi connectivity index (χ0v) is 11.5. The van der Waals surface area contributed by atoms with Gasteiger partial charge in [-0.05, 0) is 0 Å². The Labute approximate surface area is 71.7 Å². The molecule has 0 heterocycles. The molecule has 0 atom stereocenters. The third-order valence-corrected chi connectivity index (χ3v) is 0. The van der Waals surface area contributed by atoms with Crippen LogP contribution in [0.2, 0.25) is 0 Å². The van der Waals surface area contributed by atoms with Gasteiger partial charge in [-0.2, -0.15) is 0 Å². The molecular formula is Br5Cr. The van der Waals surface area contributed by atoms with E-state index >= 15 is 0 Å². The third kappa shape index (κ3) is 28.4. The van der Waals surface area contributed by atoms with E-state index in [2.05, 4.69) is 70.3 Å². The molecule has 0 nitrogen and oxygen atoms in total. The Morgan fingerprint density at radius 1 is 0.667 bits per heavy atom. The van der Waals surface area contributed by atoms with Crippen LogP contribution in [0.1, 0.15) is 0 Å². The molecule has 0 fully saturated rings. The summed E-state index contributed by atoms with van der Waals surface area (Å²) in [5.74, 6) is 0. The van der Waals surface area contributed by atoms with Crippen LogP contribution >= 0.6 is 70.3 Å². The maximum atomic E-state index is 3.31. The fourth-order valence-corrected chi connectivity index (χ4v) is 0. The van der Waals surface area contributed by atoms with Gasteiger partial charge in [0, 0.05) is 0 Å². The molecule has 0 aromatic carbocycles. The van der Waals surface area contributed by atoms with Gasteiger partial charge in [-0.3, -0.25) is 0 Å². The summed E-state index contributed by atoms with van der Waals surface area (Å²) in [5.41, 5.74) is 0. The average molecular weight is 452 g/mol. The summed E-state index contributed by atoms with van der Waals surface area (Å²) in [5, 5.41) is 0. The van der Waals surface area contributed by atoms with Gasteiger partial charge in [-0.15, -0.1) is 0 Å². The maximum absolute atomic E-state index is 3.31. The molecule has 0 unspecified atom stereocenters. The molecule has 0 bridgehead atoms. The minimum absolute atomic E-state index is 2.31. The van der Waals surface area contributed by atoms with Gasteiger partial charge in [0.25, 0.3) is 0 Å². The van der Waals surface area contributed by atoms with Crippen molar-refractivity contribution in [2.24, 2.45) is 0 Å². The van der Waals surface area contributed by atoms with Crippen LogP contribution < -0.4 is 0 Å². The molecule has 0 radical (unpaired) electrons. The summed E-state index contributed by atoms with van der Waals surface area (Å²) >= 11 is 16.6. The van der Waals surface area contributed by atoms with Gasteiger partial charge in [0.1, 0.15) is 0 Å². The fraction of sp³-hybridized carbons (Fsp3) is 0. The van der Waals surface area contributed by atoms with Crippen LogP contribution in [-0.2, 0) is 2.87 Å². The first-order valence-electron chi connectivity index (χ1n) is 0.772. The van der Waals surface area contributed by atoms with Crippen LogP contribution in [0.25, 0.3) is 0 Å². The average Bonchev–Trinajstić information content (AvgIpc) is 0.650. The quantitative estimate of drug-likeness (QED) is 0.517. The van der Waals surface area contributed by atoms with Gasteiger partial charge < -0.3 is 0 Å². The van der Waals surface area contributed by atoms with E-state index in [0.29, 0.717) is 0 Å². The molecule has 0 aromatic heterocycles. The molecule has 0 N–H and O–H groups in total. The van der Waals surface area contributed by atoms with Crippen LogP contribution in [0.5, 0.6) is 0 Å². The monoisotopic (exact) mass is 447 g/mol. The molecule has 0 saturated carbocycles. The summed E-state index contributed by atoms with van der Waals surface area (Å²) < 4.78 is -2.31. The second-order valence-electron chi connectivity index (χ2n) is 0.583. The van der Waals surface area contributed by atoms with Crippen molar-refractivity contribution in [1.29, 1.82) is 0 Å². The molecule has 0 aliphatic rings. The first-order chi connectivity index (χ1) is 2.24. The van der Waals surface area contributed by atoms with Crippen molar-refractivity contribution in [1.82, 2.24) is 0 Å².